The summed E-state index contributed by atoms with van der Waals surface area (Å²) in [5.74, 6) is -0.843. The molecular formula is C21H19FN4O2. The van der Waals surface area contributed by atoms with Crippen LogP contribution in [0.15, 0.2) is 66.9 Å². The summed E-state index contributed by atoms with van der Waals surface area (Å²) in [6.45, 7) is 1.91. The minimum Gasteiger partial charge on any atom is -0.381 e. The Hall–Kier alpha value is -3.74. The number of rotatable bonds is 6. The molecule has 3 aromatic rings. The molecule has 0 bridgehead atoms. The van der Waals surface area contributed by atoms with Gasteiger partial charge in [-0.05, 0) is 48.0 Å². The van der Waals surface area contributed by atoms with Crippen LogP contribution in [0.5, 0.6) is 0 Å². The summed E-state index contributed by atoms with van der Waals surface area (Å²) in [6, 6.07) is 16.4. The maximum Gasteiger partial charge on any atom is 0.274 e. The van der Waals surface area contributed by atoms with Gasteiger partial charge >= 0.3 is 0 Å². The van der Waals surface area contributed by atoms with Crippen LogP contribution in [0.1, 0.15) is 23.0 Å². The SMILES string of the molecule is CC(=O)Nc1cccc(NC(=O)c2cc(NCc3ccc(F)cc3)ccn2)c1. The maximum absolute atomic E-state index is 13.0. The molecule has 0 aliphatic heterocycles. The highest BCUT2D eigenvalue weighted by Crippen LogP contribution is 2.17. The van der Waals surface area contributed by atoms with E-state index in [1.165, 1.54) is 25.3 Å². The number of halogens is 1. The van der Waals surface area contributed by atoms with Crippen LogP contribution in [0.4, 0.5) is 21.5 Å². The molecule has 3 N–H and O–H groups in total. The topological polar surface area (TPSA) is 83.1 Å². The number of nitrogens with zero attached hydrogens (tertiary/aromatic N) is 1. The Morgan fingerprint density at radius 2 is 1.64 bits per heavy atom. The van der Waals surface area contributed by atoms with Gasteiger partial charge in [0.05, 0.1) is 0 Å². The lowest BCUT2D eigenvalue weighted by Crippen LogP contribution is -2.14. The average Bonchev–Trinajstić information content (AvgIpc) is 2.67. The summed E-state index contributed by atoms with van der Waals surface area (Å²) in [5.41, 5.74) is 3.01. The Kier molecular flexibility index (Phi) is 5.96. The molecule has 142 valence electrons. The largest absolute Gasteiger partial charge is 0.381 e. The lowest BCUT2D eigenvalue weighted by molar-refractivity contribution is -0.114. The van der Waals surface area contributed by atoms with Crippen LogP contribution in [0, 0.1) is 5.82 Å². The van der Waals surface area contributed by atoms with Gasteiger partial charge in [-0.25, -0.2) is 4.39 Å². The van der Waals surface area contributed by atoms with Crippen molar-refractivity contribution in [2.24, 2.45) is 0 Å². The fourth-order valence-electron chi connectivity index (χ4n) is 2.54. The van der Waals surface area contributed by atoms with E-state index in [1.807, 2.05) is 0 Å². The highest BCUT2D eigenvalue weighted by molar-refractivity contribution is 6.03. The molecule has 28 heavy (non-hydrogen) atoms. The first kappa shape index (κ1) is 19.0. The van der Waals surface area contributed by atoms with Crippen LogP contribution in [0.25, 0.3) is 0 Å². The van der Waals surface area contributed by atoms with Crippen molar-refractivity contribution in [1.29, 1.82) is 0 Å². The quantitative estimate of drug-likeness (QED) is 0.604. The molecule has 0 fully saturated rings. The number of carbonyl (C=O) groups excluding carboxylic acids is 2. The summed E-state index contributed by atoms with van der Waals surface area (Å²) in [4.78, 5) is 27.7. The van der Waals surface area contributed by atoms with E-state index in [0.29, 0.717) is 17.9 Å². The molecule has 7 heteroatoms. The van der Waals surface area contributed by atoms with Crippen molar-refractivity contribution in [2.45, 2.75) is 13.5 Å². The Morgan fingerprint density at radius 1 is 0.929 bits per heavy atom. The van der Waals surface area contributed by atoms with E-state index in [0.717, 1.165) is 11.3 Å². The van der Waals surface area contributed by atoms with Gasteiger partial charge in [-0.1, -0.05) is 18.2 Å². The van der Waals surface area contributed by atoms with Crippen molar-refractivity contribution in [3.8, 4) is 0 Å². The molecule has 0 spiro atoms. The molecule has 3 rings (SSSR count). The number of pyridine rings is 1. The van der Waals surface area contributed by atoms with Gasteiger partial charge in [0, 0.05) is 36.7 Å². The van der Waals surface area contributed by atoms with Crippen molar-refractivity contribution >= 4 is 28.9 Å². The van der Waals surface area contributed by atoms with Gasteiger partial charge in [0.1, 0.15) is 11.5 Å². The van der Waals surface area contributed by atoms with Crippen molar-refractivity contribution in [1.82, 2.24) is 4.98 Å². The number of hydrogen-bond acceptors (Lipinski definition) is 4. The molecule has 0 unspecified atom stereocenters. The number of nitrogens with one attached hydrogen (secondary N) is 3. The first-order chi connectivity index (χ1) is 13.5. The molecule has 0 saturated heterocycles. The second kappa shape index (κ2) is 8.77. The van der Waals surface area contributed by atoms with Gasteiger partial charge in [0.25, 0.3) is 5.91 Å². The van der Waals surface area contributed by atoms with Crippen molar-refractivity contribution in [3.63, 3.8) is 0 Å². The predicted octanol–water partition coefficient (Wildman–Crippen LogP) is 4.04. The normalized spacial score (nSPS) is 10.2. The van der Waals surface area contributed by atoms with E-state index < -0.39 is 0 Å². The maximum atomic E-state index is 13.0. The first-order valence-corrected chi connectivity index (χ1v) is 8.63. The molecule has 0 radical (unpaired) electrons. The highest BCUT2D eigenvalue weighted by atomic mass is 19.1. The number of amides is 2. The minimum atomic E-state index is -0.370. The molecule has 1 aromatic heterocycles. The first-order valence-electron chi connectivity index (χ1n) is 8.63. The lowest BCUT2D eigenvalue weighted by Gasteiger charge is -2.10. The van der Waals surface area contributed by atoms with Gasteiger partial charge in [-0.15, -0.1) is 0 Å². The van der Waals surface area contributed by atoms with Crippen LogP contribution in [-0.4, -0.2) is 16.8 Å². The fraction of sp³-hybridized carbons (Fsp3) is 0.0952. The van der Waals surface area contributed by atoms with Gasteiger partial charge in [0.15, 0.2) is 0 Å². The minimum absolute atomic E-state index is 0.190. The third-order valence-electron chi connectivity index (χ3n) is 3.84. The Labute approximate surface area is 161 Å². The van der Waals surface area contributed by atoms with Crippen molar-refractivity contribution in [3.05, 3.63) is 83.9 Å². The van der Waals surface area contributed by atoms with E-state index >= 15 is 0 Å². The van der Waals surface area contributed by atoms with Crippen LogP contribution in [0.2, 0.25) is 0 Å². The summed E-state index contributed by atoms with van der Waals surface area (Å²) >= 11 is 0. The van der Waals surface area contributed by atoms with E-state index in [9.17, 15) is 14.0 Å². The van der Waals surface area contributed by atoms with E-state index in [2.05, 4.69) is 20.9 Å². The summed E-state index contributed by atoms with van der Waals surface area (Å²) in [7, 11) is 0. The van der Waals surface area contributed by atoms with Gasteiger partial charge in [-0.3, -0.25) is 14.6 Å². The molecule has 2 aromatic carbocycles. The average molecular weight is 378 g/mol. The third kappa shape index (κ3) is 5.38. The van der Waals surface area contributed by atoms with Crippen molar-refractivity contribution < 1.29 is 14.0 Å². The standard InChI is InChI=1S/C21H19FN4O2/c1-14(27)25-18-3-2-4-19(11-18)26-21(28)20-12-17(9-10-23-20)24-13-15-5-7-16(22)8-6-15/h2-12H,13H2,1H3,(H,23,24)(H,25,27)(H,26,28). The molecule has 2 amide bonds. The van der Waals surface area contributed by atoms with Gasteiger partial charge < -0.3 is 16.0 Å². The Bertz CT molecular complexity index is 990. The molecular weight excluding hydrogens is 359 g/mol. The Morgan fingerprint density at radius 3 is 2.36 bits per heavy atom. The van der Waals surface area contributed by atoms with Crippen molar-refractivity contribution in [2.75, 3.05) is 16.0 Å². The van der Waals surface area contributed by atoms with Crippen LogP contribution in [0.3, 0.4) is 0 Å². The second-order valence-electron chi connectivity index (χ2n) is 6.13. The van der Waals surface area contributed by atoms with Crippen LogP contribution < -0.4 is 16.0 Å². The molecule has 0 saturated carbocycles. The molecule has 0 aliphatic rings. The predicted molar refractivity (Wildman–Crippen MR) is 107 cm³/mol. The monoisotopic (exact) mass is 378 g/mol. The fourth-order valence-corrected chi connectivity index (χ4v) is 2.54. The number of benzene rings is 2. The number of anilines is 3. The van der Waals surface area contributed by atoms with E-state index in [4.69, 9.17) is 0 Å². The third-order valence-corrected chi connectivity index (χ3v) is 3.84. The zero-order chi connectivity index (χ0) is 19.9. The number of aromatic nitrogens is 1. The number of carbonyl (C=O) groups is 2. The molecule has 0 aliphatic carbocycles. The molecule has 0 atom stereocenters. The number of hydrogen-bond donors (Lipinski definition) is 3. The summed E-state index contributed by atoms with van der Waals surface area (Å²) in [5, 5.41) is 8.60. The second-order valence-corrected chi connectivity index (χ2v) is 6.13. The zero-order valence-corrected chi connectivity index (χ0v) is 15.2. The lowest BCUT2D eigenvalue weighted by atomic mass is 10.2. The smallest absolute Gasteiger partial charge is 0.274 e. The van der Waals surface area contributed by atoms with Crippen LogP contribution in [-0.2, 0) is 11.3 Å². The molecule has 1 heterocycles. The Balaban J connectivity index is 1.65. The highest BCUT2D eigenvalue weighted by Gasteiger charge is 2.09. The summed E-state index contributed by atoms with van der Waals surface area (Å²) in [6.07, 6.45) is 1.54. The molecule has 6 nitrogen and oxygen atoms in total. The zero-order valence-electron chi connectivity index (χ0n) is 15.2. The summed E-state index contributed by atoms with van der Waals surface area (Å²) < 4.78 is 13.0. The van der Waals surface area contributed by atoms with Gasteiger partial charge in [-0.2, -0.15) is 0 Å². The van der Waals surface area contributed by atoms with E-state index in [-0.39, 0.29) is 23.3 Å². The van der Waals surface area contributed by atoms with Gasteiger partial charge in [0.2, 0.25) is 5.91 Å². The van der Waals surface area contributed by atoms with E-state index in [1.54, 1.807) is 48.5 Å². The van der Waals surface area contributed by atoms with Crippen LogP contribution >= 0.6 is 0 Å².